The minimum Gasteiger partial charge on any atom is -0.494 e. The molecule has 1 aromatic carbocycles. The van der Waals surface area contributed by atoms with Crippen LogP contribution >= 0.6 is 11.6 Å². The number of hydrogen-bond donors (Lipinski definition) is 1. The van der Waals surface area contributed by atoms with Gasteiger partial charge >= 0.3 is 5.97 Å². The van der Waals surface area contributed by atoms with Crippen LogP contribution in [0, 0.1) is 5.41 Å². The quantitative estimate of drug-likeness (QED) is 0.385. The fourth-order valence-corrected chi connectivity index (χ4v) is 4.41. The maximum absolute atomic E-state index is 13.1. The van der Waals surface area contributed by atoms with Gasteiger partial charge in [-0.25, -0.2) is 13.2 Å². The number of rotatable bonds is 9. The minimum absolute atomic E-state index is 0.0464. The van der Waals surface area contributed by atoms with Gasteiger partial charge in [-0.15, -0.1) is 11.6 Å². The molecule has 1 aromatic rings. The maximum Gasteiger partial charge on any atom is 0.342 e. The molecule has 1 rings (SSSR count). The zero-order chi connectivity index (χ0) is 20.0. The highest BCUT2D eigenvalue weighted by molar-refractivity contribution is 7.93. The topological polar surface area (TPSA) is 95.7 Å². The smallest absolute Gasteiger partial charge is 0.342 e. The second-order valence-corrected chi connectivity index (χ2v) is 9.80. The lowest BCUT2D eigenvalue weighted by Crippen LogP contribution is -2.57. The summed E-state index contributed by atoms with van der Waals surface area (Å²) < 4.78 is 36.7. The molecule has 26 heavy (non-hydrogen) atoms. The van der Waals surface area contributed by atoms with Crippen molar-refractivity contribution in [2.45, 2.75) is 50.3 Å². The van der Waals surface area contributed by atoms with Crippen LogP contribution in [0.5, 0.6) is 5.75 Å². The standard InChI is InChI=1S/C18H28ClNO5S/c1-5-24-16(21)18(20,13-17(2,3)4)26(22,23)15-9-7-14(8-10-15)25-12-6-11-19/h7-10H,5-6,11-13,20H2,1-4H3. The van der Waals surface area contributed by atoms with E-state index in [1.165, 1.54) is 24.3 Å². The van der Waals surface area contributed by atoms with E-state index < -0.39 is 26.1 Å². The number of hydrogen-bond acceptors (Lipinski definition) is 6. The van der Waals surface area contributed by atoms with E-state index in [4.69, 9.17) is 26.8 Å². The number of nitrogens with two attached hydrogens (primary N) is 1. The molecule has 1 unspecified atom stereocenters. The van der Waals surface area contributed by atoms with Gasteiger partial charge in [0.25, 0.3) is 0 Å². The molecule has 0 amide bonds. The molecule has 0 saturated heterocycles. The lowest BCUT2D eigenvalue weighted by atomic mass is 9.88. The van der Waals surface area contributed by atoms with Gasteiger partial charge in [-0.05, 0) is 49.4 Å². The van der Waals surface area contributed by atoms with Crippen molar-refractivity contribution in [3.63, 3.8) is 0 Å². The second-order valence-electron chi connectivity index (χ2n) is 7.21. The zero-order valence-electron chi connectivity index (χ0n) is 15.7. The highest BCUT2D eigenvalue weighted by Crippen LogP contribution is 2.34. The number of alkyl halides is 1. The molecule has 0 spiro atoms. The molecular formula is C18H28ClNO5S. The van der Waals surface area contributed by atoms with Gasteiger partial charge in [0.05, 0.1) is 18.1 Å². The average Bonchev–Trinajstić information content (AvgIpc) is 2.54. The molecule has 2 N–H and O–H groups in total. The first-order chi connectivity index (χ1) is 12.0. The molecule has 0 radical (unpaired) electrons. The van der Waals surface area contributed by atoms with E-state index in [1.807, 2.05) is 20.8 Å². The summed E-state index contributed by atoms with van der Waals surface area (Å²) in [4.78, 5) is 10.2. The van der Waals surface area contributed by atoms with E-state index in [0.717, 1.165) is 0 Å². The first-order valence-corrected chi connectivity index (χ1v) is 10.5. The number of carbonyl (C=O) groups is 1. The minimum atomic E-state index is -4.17. The van der Waals surface area contributed by atoms with Crippen LogP contribution < -0.4 is 10.5 Å². The van der Waals surface area contributed by atoms with Gasteiger partial charge in [-0.3, -0.25) is 0 Å². The van der Waals surface area contributed by atoms with Crippen LogP contribution in [-0.2, 0) is 19.4 Å². The van der Waals surface area contributed by atoms with Gasteiger partial charge in [0.1, 0.15) is 5.75 Å². The van der Waals surface area contributed by atoms with Crippen molar-refractivity contribution in [3.8, 4) is 5.75 Å². The lowest BCUT2D eigenvalue weighted by Gasteiger charge is -2.32. The first-order valence-electron chi connectivity index (χ1n) is 8.47. The maximum atomic E-state index is 13.1. The molecule has 0 aliphatic rings. The number of halogens is 1. The molecule has 0 saturated carbocycles. The van der Waals surface area contributed by atoms with Gasteiger partial charge in [-0.1, -0.05) is 20.8 Å². The highest BCUT2D eigenvalue weighted by Gasteiger charge is 2.51. The fraction of sp³-hybridized carbons (Fsp3) is 0.611. The number of benzene rings is 1. The molecular weight excluding hydrogens is 378 g/mol. The summed E-state index contributed by atoms with van der Waals surface area (Å²) in [7, 11) is -4.17. The highest BCUT2D eigenvalue weighted by atomic mass is 35.5. The largest absolute Gasteiger partial charge is 0.494 e. The third-order valence-corrected chi connectivity index (χ3v) is 6.00. The lowest BCUT2D eigenvalue weighted by molar-refractivity contribution is -0.147. The Morgan fingerprint density at radius 2 is 1.77 bits per heavy atom. The molecule has 6 nitrogen and oxygen atoms in total. The van der Waals surface area contributed by atoms with Crippen LogP contribution in [0.4, 0.5) is 0 Å². The summed E-state index contributed by atoms with van der Waals surface area (Å²) in [5.74, 6) is 0.0510. The predicted octanol–water partition coefficient (Wildman–Crippen LogP) is 3.12. The molecule has 148 valence electrons. The summed E-state index contributed by atoms with van der Waals surface area (Å²) >= 11 is 5.59. The van der Waals surface area contributed by atoms with E-state index in [9.17, 15) is 13.2 Å². The summed E-state index contributed by atoms with van der Waals surface area (Å²) in [6, 6.07) is 5.83. The van der Waals surface area contributed by atoms with Crippen molar-refractivity contribution in [2.75, 3.05) is 19.1 Å². The van der Waals surface area contributed by atoms with E-state index in [-0.39, 0.29) is 17.9 Å². The van der Waals surface area contributed by atoms with Crippen LogP contribution in [0.3, 0.4) is 0 Å². The molecule has 0 aliphatic heterocycles. The van der Waals surface area contributed by atoms with Crippen molar-refractivity contribution >= 4 is 27.4 Å². The first kappa shape index (κ1) is 22.7. The molecule has 8 heteroatoms. The summed E-state index contributed by atoms with van der Waals surface area (Å²) in [6.07, 6.45) is 0.608. The van der Waals surface area contributed by atoms with Gasteiger partial charge in [0, 0.05) is 5.88 Å². The second kappa shape index (κ2) is 9.06. The Bertz CT molecular complexity index is 697. The Morgan fingerprint density at radius 3 is 2.23 bits per heavy atom. The van der Waals surface area contributed by atoms with Crippen molar-refractivity contribution in [1.29, 1.82) is 0 Å². The Hall–Kier alpha value is -1.31. The Morgan fingerprint density at radius 1 is 1.19 bits per heavy atom. The van der Waals surface area contributed by atoms with E-state index in [0.29, 0.717) is 24.7 Å². The summed E-state index contributed by atoms with van der Waals surface area (Å²) in [6.45, 7) is 7.54. The molecule has 0 aromatic heterocycles. The Labute approximate surface area is 160 Å². The van der Waals surface area contributed by atoms with Crippen LogP contribution in [0.1, 0.15) is 40.5 Å². The third-order valence-electron chi connectivity index (χ3n) is 3.57. The third kappa shape index (κ3) is 5.59. The number of esters is 1. The van der Waals surface area contributed by atoms with Crippen molar-refractivity contribution in [3.05, 3.63) is 24.3 Å². The van der Waals surface area contributed by atoms with Crippen molar-refractivity contribution < 1.29 is 22.7 Å². The van der Waals surface area contributed by atoms with E-state index in [1.54, 1.807) is 6.92 Å². The monoisotopic (exact) mass is 405 g/mol. The normalized spacial score (nSPS) is 14.5. The van der Waals surface area contributed by atoms with Gasteiger partial charge in [-0.2, -0.15) is 0 Å². The molecule has 0 bridgehead atoms. The summed E-state index contributed by atoms with van der Waals surface area (Å²) in [5, 5.41) is 0. The van der Waals surface area contributed by atoms with Crippen LogP contribution in [0.15, 0.2) is 29.2 Å². The van der Waals surface area contributed by atoms with Crippen LogP contribution in [-0.4, -0.2) is 38.4 Å². The molecule has 0 fully saturated rings. The SMILES string of the molecule is CCOC(=O)C(N)(CC(C)(C)C)S(=O)(=O)c1ccc(OCCCCl)cc1. The number of carbonyl (C=O) groups excluding carboxylic acids is 1. The van der Waals surface area contributed by atoms with Gasteiger partial charge < -0.3 is 15.2 Å². The fourth-order valence-electron chi connectivity index (χ4n) is 2.49. The van der Waals surface area contributed by atoms with Gasteiger partial charge in [0.15, 0.2) is 0 Å². The van der Waals surface area contributed by atoms with Crippen LogP contribution in [0.2, 0.25) is 0 Å². The molecule has 0 heterocycles. The van der Waals surface area contributed by atoms with E-state index >= 15 is 0 Å². The Kier molecular flexibility index (Phi) is 7.92. The van der Waals surface area contributed by atoms with Crippen molar-refractivity contribution in [1.82, 2.24) is 0 Å². The predicted molar refractivity (Wildman–Crippen MR) is 102 cm³/mol. The molecule has 0 aliphatic carbocycles. The summed E-state index contributed by atoms with van der Waals surface area (Å²) in [5.41, 5.74) is 5.65. The zero-order valence-corrected chi connectivity index (χ0v) is 17.3. The van der Waals surface area contributed by atoms with Crippen molar-refractivity contribution in [2.24, 2.45) is 11.1 Å². The molecule has 1 atom stereocenters. The van der Waals surface area contributed by atoms with Crippen LogP contribution in [0.25, 0.3) is 0 Å². The van der Waals surface area contributed by atoms with E-state index in [2.05, 4.69) is 0 Å². The Balaban J connectivity index is 3.21. The average molecular weight is 406 g/mol. The number of sulfone groups is 1. The number of ether oxygens (including phenoxy) is 2. The van der Waals surface area contributed by atoms with Gasteiger partial charge in [0.2, 0.25) is 14.7 Å².